The number of aromatic nitrogens is 2. The molecule has 1 aliphatic carbocycles. The Morgan fingerprint density at radius 2 is 1.77 bits per heavy atom. The van der Waals surface area contributed by atoms with E-state index in [-0.39, 0.29) is 17.6 Å². The fraction of sp³-hybridized carbons (Fsp3) is 0.542. The smallest absolute Gasteiger partial charge is 0.227 e. The summed E-state index contributed by atoms with van der Waals surface area (Å²) < 4.78 is 13.3. The summed E-state index contributed by atoms with van der Waals surface area (Å²) in [6.07, 6.45) is 6.80. The lowest BCUT2D eigenvalue weighted by Gasteiger charge is -2.31. The molecule has 2 heterocycles. The molecule has 1 aromatic carbocycles. The van der Waals surface area contributed by atoms with E-state index in [0.29, 0.717) is 25.6 Å². The van der Waals surface area contributed by atoms with Crippen molar-refractivity contribution < 1.29 is 9.18 Å². The van der Waals surface area contributed by atoms with Gasteiger partial charge in [-0.15, -0.1) is 0 Å². The molecule has 166 valence electrons. The second kappa shape index (κ2) is 9.30. The molecule has 1 saturated carbocycles. The van der Waals surface area contributed by atoms with Crippen molar-refractivity contribution in [1.82, 2.24) is 14.9 Å². The number of nitrogens with zero attached hydrogens (tertiary/aromatic N) is 5. The van der Waals surface area contributed by atoms with Gasteiger partial charge >= 0.3 is 0 Å². The predicted molar refractivity (Wildman–Crippen MR) is 121 cm³/mol. The molecule has 1 aromatic heterocycles. The van der Waals surface area contributed by atoms with Crippen LogP contribution in [-0.2, 0) is 11.3 Å². The summed E-state index contributed by atoms with van der Waals surface area (Å²) in [6.45, 7) is 1.26. The van der Waals surface area contributed by atoms with E-state index >= 15 is 0 Å². The fourth-order valence-electron chi connectivity index (χ4n) is 4.66. The molecule has 1 unspecified atom stereocenters. The molecule has 0 N–H and O–H groups in total. The Bertz CT molecular complexity index is 911. The van der Waals surface area contributed by atoms with Crippen LogP contribution in [0.4, 0.5) is 15.9 Å². The van der Waals surface area contributed by atoms with Crippen molar-refractivity contribution in [2.75, 3.05) is 37.5 Å². The highest BCUT2D eigenvalue weighted by atomic mass is 19.1. The maximum atomic E-state index is 13.3. The van der Waals surface area contributed by atoms with Gasteiger partial charge in [0.1, 0.15) is 17.5 Å². The maximum Gasteiger partial charge on any atom is 0.227 e. The van der Waals surface area contributed by atoms with Gasteiger partial charge in [0.2, 0.25) is 5.91 Å². The third-order valence-electron chi connectivity index (χ3n) is 6.51. The predicted octanol–water partition coefficient (Wildman–Crippen LogP) is 3.97. The van der Waals surface area contributed by atoms with Gasteiger partial charge in [-0.1, -0.05) is 19.3 Å². The number of amides is 1. The van der Waals surface area contributed by atoms with Crippen LogP contribution in [0.5, 0.6) is 0 Å². The molecule has 7 heteroatoms. The van der Waals surface area contributed by atoms with Crippen LogP contribution >= 0.6 is 0 Å². The summed E-state index contributed by atoms with van der Waals surface area (Å²) in [4.78, 5) is 28.5. The summed E-state index contributed by atoms with van der Waals surface area (Å²) in [6, 6.07) is 8.69. The molecule has 0 radical (unpaired) electrons. The minimum Gasteiger partial charge on any atom is -0.363 e. The molecule has 31 heavy (non-hydrogen) atoms. The molecule has 1 amide bonds. The molecule has 0 bridgehead atoms. The molecule has 4 rings (SSSR count). The number of benzene rings is 1. The Labute approximate surface area is 184 Å². The zero-order chi connectivity index (χ0) is 22.0. The first-order valence-electron chi connectivity index (χ1n) is 11.2. The Morgan fingerprint density at radius 3 is 2.45 bits per heavy atom. The van der Waals surface area contributed by atoms with E-state index < -0.39 is 0 Å². The molecular weight excluding hydrogens is 393 g/mol. The number of carbonyl (C=O) groups excluding carboxylic acids is 1. The highest BCUT2D eigenvalue weighted by molar-refractivity contribution is 5.96. The molecule has 1 atom stereocenters. The van der Waals surface area contributed by atoms with E-state index in [4.69, 9.17) is 9.97 Å². The molecule has 0 spiro atoms. The quantitative estimate of drug-likeness (QED) is 0.701. The van der Waals surface area contributed by atoms with Gasteiger partial charge in [0.05, 0.1) is 12.2 Å². The van der Waals surface area contributed by atoms with Crippen LogP contribution in [0.2, 0.25) is 0 Å². The lowest BCUT2D eigenvalue weighted by Crippen LogP contribution is -2.33. The van der Waals surface area contributed by atoms with E-state index in [2.05, 4.69) is 11.9 Å². The molecule has 2 aromatic rings. The normalized spacial score (nSPS) is 20.0. The van der Waals surface area contributed by atoms with Crippen LogP contribution in [0, 0.1) is 5.82 Å². The lowest BCUT2D eigenvalue weighted by atomic mass is 9.94. The van der Waals surface area contributed by atoms with Crippen molar-refractivity contribution in [2.24, 2.45) is 0 Å². The van der Waals surface area contributed by atoms with Crippen LogP contribution in [0.3, 0.4) is 0 Å². The highest BCUT2D eigenvalue weighted by Crippen LogP contribution is 2.32. The fourth-order valence-corrected chi connectivity index (χ4v) is 4.66. The summed E-state index contributed by atoms with van der Waals surface area (Å²) >= 11 is 0. The van der Waals surface area contributed by atoms with Gasteiger partial charge in [0.15, 0.2) is 0 Å². The first kappa shape index (κ1) is 21.7. The molecular formula is C24H32FN5O. The van der Waals surface area contributed by atoms with Crippen molar-refractivity contribution >= 4 is 17.4 Å². The van der Waals surface area contributed by atoms with E-state index in [0.717, 1.165) is 23.0 Å². The number of anilines is 2. The topological polar surface area (TPSA) is 52.6 Å². The minimum absolute atomic E-state index is 0.00186. The van der Waals surface area contributed by atoms with Crippen LogP contribution in [0.1, 0.15) is 56.0 Å². The van der Waals surface area contributed by atoms with E-state index in [1.165, 1.54) is 44.2 Å². The molecule has 2 fully saturated rings. The van der Waals surface area contributed by atoms with Gasteiger partial charge in [-0.05, 0) is 44.2 Å². The third-order valence-corrected chi connectivity index (χ3v) is 6.51. The van der Waals surface area contributed by atoms with Gasteiger partial charge < -0.3 is 9.80 Å². The zero-order valence-corrected chi connectivity index (χ0v) is 18.7. The third kappa shape index (κ3) is 5.03. The monoisotopic (exact) mass is 425 g/mol. The lowest BCUT2D eigenvalue weighted by molar-refractivity contribution is -0.117. The average molecular weight is 426 g/mol. The highest BCUT2D eigenvalue weighted by Gasteiger charge is 2.33. The van der Waals surface area contributed by atoms with E-state index in [9.17, 15) is 9.18 Å². The van der Waals surface area contributed by atoms with E-state index in [1.807, 2.05) is 25.1 Å². The number of carbonyl (C=O) groups is 1. The van der Waals surface area contributed by atoms with Crippen molar-refractivity contribution in [3.63, 3.8) is 0 Å². The second-order valence-corrected chi connectivity index (χ2v) is 9.05. The SMILES string of the molecule is CN(C)c1cc(C2CC(=O)N(c3ccc(F)cc3)C2)nc(CN(C)C2CCCCC2)n1. The Kier molecular flexibility index (Phi) is 6.51. The largest absolute Gasteiger partial charge is 0.363 e. The minimum atomic E-state index is -0.301. The Morgan fingerprint density at radius 1 is 1.06 bits per heavy atom. The van der Waals surface area contributed by atoms with Crippen molar-refractivity contribution in [3.8, 4) is 0 Å². The standard InChI is InChI=1S/C24H32FN5O/c1-28(2)23-14-21(26-22(27-23)16-29(3)19-7-5-4-6-8-19)17-13-24(31)30(15-17)20-11-9-18(25)10-12-20/h9-12,14,17,19H,4-8,13,15-16H2,1-3H3. The zero-order valence-electron chi connectivity index (χ0n) is 18.7. The molecule has 1 aliphatic heterocycles. The number of halogens is 1. The Balaban J connectivity index is 1.54. The first-order valence-corrected chi connectivity index (χ1v) is 11.2. The van der Waals surface area contributed by atoms with Crippen LogP contribution in [0.15, 0.2) is 30.3 Å². The van der Waals surface area contributed by atoms with Crippen molar-refractivity contribution in [1.29, 1.82) is 0 Å². The molecule has 2 aliphatic rings. The molecule has 1 saturated heterocycles. The van der Waals surface area contributed by atoms with Gasteiger partial charge in [0.25, 0.3) is 0 Å². The van der Waals surface area contributed by atoms with Crippen LogP contribution in [-0.4, -0.2) is 54.5 Å². The number of hydrogen-bond acceptors (Lipinski definition) is 5. The van der Waals surface area contributed by atoms with Gasteiger partial charge in [0, 0.05) is 50.8 Å². The summed E-state index contributed by atoms with van der Waals surface area (Å²) in [5.41, 5.74) is 1.64. The average Bonchev–Trinajstić information content (AvgIpc) is 3.16. The summed E-state index contributed by atoms with van der Waals surface area (Å²) in [5.74, 6) is 1.41. The van der Waals surface area contributed by atoms with Crippen LogP contribution in [0.25, 0.3) is 0 Å². The van der Waals surface area contributed by atoms with Gasteiger partial charge in [-0.2, -0.15) is 0 Å². The molecule has 6 nitrogen and oxygen atoms in total. The summed E-state index contributed by atoms with van der Waals surface area (Å²) in [5, 5.41) is 0. The van der Waals surface area contributed by atoms with Crippen LogP contribution < -0.4 is 9.80 Å². The van der Waals surface area contributed by atoms with E-state index in [1.54, 1.807) is 17.0 Å². The van der Waals surface area contributed by atoms with Crippen molar-refractivity contribution in [3.05, 3.63) is 47.7 Å². The second-order valence-electron chi connectivity index (χ2n) is 9.05. The van der Waals surface area contributed by atoms with Crippen molar-refractivity contribution in [2.45, 2.75) is 57.0 Å². The summed E-state index contributed by atoms with van der Waals surface area (Å²) in [7, 11) is 6.12. The van der Waals surface area contributed by atoms with Gasteiger partial charge in [-0.3, -0.25) is 9.69 Å². The first-order chi connectivity index (χ1) is 14.9. The number of hydrogen-bond donors (Lipinski definition) is 0. The maximum absolute atomic E-state index is 13.3. The Hall–Kier alpha value is -2.54. The van der Waals surface area contributed by atoms with Gasteiger partial charge in [-0.25, -0.2) is 14.4 Å². The number of rotatable bonds is 6.